The molecule has 0 radical (unpaired) electrons. The third kappa shape index (κ3) is 1.84. The number of piperazine rings is 1. The zero-order valence-electron chi connectivity index (χ0n) is 11.9. The molecule has 18 heavy (non-hydrogen) atoms. The van der Waals surface area contributed by atoms with Gasteiger partial charge in [0.2, 0.25) is 0 Å². The van der Waals surface area contributed by atoms with Crippen LogP contribution in [-0.2, 0) is 0 Å². The average Bonchev–Trinajstić information content (AvgIpc) is 3.12. The molecule has 2 aliphatic carbocycles. The molecule has 2 aliphatic heterocycles. The first-order valence-electron chi connectivity index (χ1n) is 8.29. The maximum absolute atomic E-state index is 2.85. The van der Waals surface area contributed by atoms with Gasteiger partial charge >= 0.3 is 0 Å². The van der Waals surface area contributed by atoms with E-state index in [0.717, 1.165) is 29.8 Å². The lowest BCUT2D eigenvalue weighted by Crippen LogP contribution is -2.54. The normalized spacial score (nSPS) is 46.5. The molecule has 2 bridgehead atoms. The Hall–Kier alpha value is -0.0800. The van der Waals surface area contributed by atoms with Gasteiger partial charge in [0.05, 0.1) is 0 Å². The van der Waals surface area contributed by atoms with Crippen molar-refractivity contribution in [1.29, 1.82) is 0 Å². The smallest absolute Gasteiger partial charge is 0.0224 e. The molecule has 0 aromatic heterocycles. The Morgan fingerprint density at radius 1 is 1.00 bits per heavy atom. The van der Waals surface area contributed by atoms with E-state index < -0.39 is 0 Å². The molecular formula is C16H28N2. The van der Waals surface area contributed by atoms with Crippen molar-refractivity contribution in [3.8, 4) is 0 Å². The summed E-state index contributed by atoms with van der Waals surface area (Å²) in [5.74, 6) is 3.23. The zero-order chi connectivity index (χ0) is 12.1. The van der Waals surface area contributed by atoms with Crippen molar-refractivity contribution in [2.75, 3.05) is 26.2 Å². The third-order valence-corrected chi connectivity index (χ3v) is 6.61. The summed E-state index contributed by atoms with van der Waals surface area (Å²) in [5, 5.41) is 0. The van der Waals surface area contributed by atoms with Crippen LogP contribution in [0.4, 0.5) is 0 Å². The minimum atomic E-state index is 0.864. The van der Waals surface area contributed by atoms with Crippen LogP contribution in [-0.4, -0.2) is 48.1 Å². The van der Waals surface area contributed by atoms with Crippen LogP contribution in [0.15, 0.2) is 0 Å². The second-order valence-corrected chi connectivity index (χ2v) is 7.41. The highest BCUT2D eigenvalue weighted by molar-refractivity contribution is 4.97. The summed E-state index contributed by atoms with van der Waals surface area (Å²) in [4.78, 5) is 5.59. The summed E-state index contributed by atoms with van der Waals surface area (Å²) in [6, 6.07) is 1.77. The predicted molar refractivity (Wildman–Crippen MR) is 74.6 cm³/mol. The number of nitrogens with zero attached hydrogens (tertiary/aromatic N) is 2. The molecule has 102 valence electrons. The summed E-state index contributed by atoms with van der Waals surface area (Å²) in [6.45, 7) is 7.97. The van der Waals surface area contributed by atoms with Gasteiger partial charge in [0, 0.05) is 31.7 Å². The number of fused-ring (bicyclic) bond motifs is 3. The third-order valence-electron chi connectivity index (χ3n) is 6.61. The molecule has 0 aromatic carbocycles. The van der Waals surface area contributed by atoms with E-state index in [9.17, 15) is 0 Å². The van der Waals surface area contributed by atoms with E-state index in [2.05, 4.69) is 16.7 Å². The van der Waals surface area contributed by atoms with E-state index in [1.807, 2.05) is 0 Å². The Bertz CT molecular complexity index is 316. The van der Waals surface area contributed by atoms with E-state index in [1.54, 1.807) is 25.7 Å². The number of rotatable bonds is 2. The molecule has 2 saturated heterocycles. The summed E-state index contributed by atoms with van der Waals surface area (Å²) >= 11 is 0. The van der Waals surface area contributed by atoms with Crippen LogP contribution in [0.3, 0.4) is 0 Å². The van der Waals surface area contributed by atoms with Crippen molar-refractivity contribution in [2.45, 2.75) is 57.5 Å². The van der Waals surface area contributed by atoms with Gasteiger partial charge in [0.1, 0.15) is 0 Å². The summed E-state index contributed by atoms with van der Waals surface area (Å²) in [6.07, 6.45) is 9.11. The molecule has 5 atom stereocenters. The predicted octanol–water partition coefficient (Wildman–Crippen LogP) is 2.59. The molecule has 0 N–H and O–H groups in total. The maximum atomic E-state index is 2.85. The topological polar surface area (TPSA) is 6.48 Å². The Morgan fingerprint density at radius 2 is 1.94 bits per heavy atom. The first kappa shape index (κ1) is 11.7. The molecule has 2 nitrogen and oxygen atoms in total. The zero-order valence-corrected chi connectivity index (χ0v) is 11.9. The van der Waals surface area contributed by atoms with Gasteiger partial charge in [-0.3, -0.25) is 9.80 Å². The SMILES string of the molecule is CC(C1CC2CCC1C2)N1CCN2CCCC2C1. The van der Waals surface area contributed by atoms with Crippen LogP contribution in [0.25, 0.3) is 0 Å². The van der Waals surface area contributed by atoms with Gasteiger partial charge in [-0.1, -0.05) is 6.42 Å². The molecule has 4 aliphatic rings. The lowest BCUT2D eigenvalue weighted by atomic mass is 9.83. The van der Waals surface area contributed by atoms with Crippen molar-refractivity contribution in [3.05, 3.63) is 0 Å². The van der Waals surface area contributed by atoms with Gasteiger partial charge in [0.25, 0.3) is 0 Å². The van der Waals surface area contributed by atoms with Crippen LogP contribution in [0.2, 0.25) is 0 Å². The highest BCUT2D eigenvalue weighted by Crippen LogP contribution is 2.50. The van der Waals surface area contributed by atoms with E-state index in [0.29, 0.717) is 0 Å². The van der Waals surface area contributed by atoms with E-state index in [1.165, 1.54) is 39.0 Å². The van der Waals surface area contributed by atoms with Crippen LogP contribution in [0.1, 0.15) is 45.4 Å². The molecule has 0 aromatic rings. The van der Waals surface area contributed by atoms with Crippen LogP contribution in [0, 0.1) is 17.8 Å². The Labute approximate surface area is 112 Å². The second-order valence-electron chi connectivity index (χ2n) is 7.41. The molecular weight excluding hydrogens is 220 g/mol. The Morgan fingerprint density at radius 3 is 2.72 bits per heavy atom. The van der Waals surface area contributed by atoms with Gasteiger partial charge in [-0.05, 0) is 63.3 Å². The fraction of sp³-hybridized carbons (Fsp3) is 1.00. The molecule has 5 unspecified atom stereocenters. The lowest BCUT2D eigenvalue weighted by molar-refractivity contribution is 0.0429. The Kier molecular flexibility index (Phi) is 2.92. The van der Waals surface area contributed by atoms with Crippen molar-refractivity contribution in [2.24, 2.45) is 17.8 Å². The summed E-state index contributed by atoms with van der Waals surface area (Å²) in [7, 11) is 0. The lowest BCUT2D eigenvalue weighted by Gasteiger charge is -2.44. The molecule has 4 fully saturated rings. The Balaban J connectivity index is 1.41. The molecule has 2 saturated carbocycles. The standard InChI is InChI=1S/C16H28N2/c1-12(16-10-13-4-5-14(16)9-13)18-8-7-17-6-2-3-15(17)11-18/h12-16H,2-11H2,1H3. The van der Waals surface area contributed by atoms with Crippen molar-refractivity contribution in [1.82, 2.24) is 9.80 Å². The maximum Gasteiger partial charge on any atom is 0.0224 e. The first-order chi connectivity index (χ1) is 8.81. The molecule has 2 heteroatoms. The highest BCUT2D eigenvalue weighted by atomic mass is 15.3. The largest absolute Gasteiger partial charge is 0.298 e. The van der Waals surface area contributed by atoms with Crippen LogP contribution < -0.4 is 0 Å². The first-order valence-corrected chi connectivity index (χ1v) is 8.29. The van der Waals surface area contributed by atoms with Gasteiger partial charge < -0.3 is 0 Å². The van der Waals surface area contributed by atoms with Gasteiger partial charge in [-0.15, -0.1) is 0 Å². The quantitative estimate of drug-likeness (QED) is 0.741. The monoisotopic (exact) mass is 248 g/mol. The fourth-order valence-electron chi connectivity index (χ4n) is 5.54. The average molecular weight is 248 g/mol. The molecule has 4 rings (SSSR count). The van der Waals surface area contributed by atoms with Crippen molar-refractivity contribution in [3.63, 3.8) is 0 Å². The summed E-state index contributed by atoms with van der Waals surface area (Å²) in [5.41, 5.74) is 0. The summed E-state index contributed by atoms with van der Waals surface area (Å²) < 4.78 is 0. The molecule has 2 heterocycles. The van der Waals surface area contributed by atoms with Gasteiger partial charge in [-0.25, -0.2) is 0 Å². The molecule has 0 amide bonds. The number of hydrogen-bond donors (Lipinski definition) is 0. The van der Waals surface area contributed by atoms with Gasteiger partial charge in [-0.2, -0.15) is 0 Å². The van der Waals surface area contributed by atoms with Crippen molar-refractivity contribution >= 4 is 0 Å². The van der Waals surface area contributed by atoms with E-state index in [-0.39, 0.29) is 0 Å². The van der Waals surface area contributed by atoms with Crippen LogP contribution >= 0.6 is 0 Å². The molecule has 0 spiro atoms. The minimum Gasteiger partial charge on any atom is -0.298 e. The minimum absolute atomic E-state index is 0.864. The van der Waals surface area contributed by atoms with Crippen molar-refractivity contribution < 1.29 is 0 Å². The van der Waals surface area contributed by atoms with Crippen LogP contribution in [0.5, 0.6) is 0 Å². The van der Waals surface area contributed by atoms with E-state index in [4.69, 9.17) is 0 Å². The number of hydrogen-bond acceptors (Lipinski definition) is 2. The van der Waals surface area contributed by atoms with Gasteiger partial charge in [0.15, 0.2) is 0 Å². The van der Waals surface area contributed by atoms with E-state index >= 15 is 0 Å². The second kappa shape index (κ2) is 4.49. The fourth-order valence-corrected chi connectivity index (χ4v) is 5.54. The highest BCUT2D eigenvalue weighted by Gasteiger charge is 2.44.